The van der Waals surface area contributed by atoms with E-state index in [2.05, 4.69) is 5.32 Å². The number of hydrogen-bond donors (Lipinski definition) is 3. The Hall–Kier alpha value is -1.67. The molecule has 28 heavy (non-hydrogen) atoms. The van der Waals surface area contributed by atoms with Crippen molar-refractivity contribution in [3.63, 3.8) is 0 Å². The van der Waals surface area contributed by atoms with Gasteiger partial charge in [-0.15, -0.1) is 0 Å². The lowest BCUT2D eigenvalue weighted by Crippen LogP contribution is -2.51. The average Bonchev–Trinajstić information content (AvgIpc) is 2.83. The highest BCUT2D eigenvalue weighted by molar-refractivity contribution is 5.91. The molecule has 1 fully saturated rings. The molecule has 0 saturated carbocycles. The standard InChI is InChI=1S/C20H37N3O5/c1-5-8-15(19(25)22-27)16(13-14(2)3)18(24)21-17-9-6-7-10-23(20(17)26)11-12-28-4/h14-17,27H,5-13H2,1-4H3,(H,21,24)(H,22,25)/t15-,16-,17+/m1/s1. The number of carbonyl (C=O) groups is 3. The molecule has 0 unspecified atom stereocenters. The predicted octanol–water partition coefficient (Wildman–Crippen LogP) is 1.71. The molecule has 1 aliphatic heterocycles. The van der Waals surface area contributed by atoms with Crippen LogP contribution in [0.2, 0.25) is 0 Å². The summed E-state index contributed by atoms with van der Waals surface area (Å²) in [6, 6.07) is -0.582. The highest BCUT2D eigenvalue weighted by Gasteiger charge is 2.36. The number of hydroxylamine groups is 1. The maximum absolute atomic E-state index is 13.1. The van der Waals surface area contributed by atoms with Crippen LogP contribution in [0.4, 0.5) is 0 Å². The van der Waals surface area contributed by atoms with E-state index >= 15 is 0 Å². The monoisotopic (exact) mass is 399 g/mol. The first-order chi connectivity index (χ1) is 13.3. The van der Waals surface area contributed by atoms with E-state index in [1.165, 1.54) is 0 Å². The van der Waals surface area contributed by atoms with Gasteiger partial charge in [-0.3, -0.25) is 19.6 Å². The Bertz CT molecular complexity index is 512. The smallest absolute Gasteiger partial charge is 0.247 e. The first-order valence-electron chi connectivity index (χ1n) is 10.4. The molecule has 0 radical (unpaired) electrons. The second kappa shape index (κ2) is 12.7. The van der Waals surface area contributed by atoms with Gasteiger partial charge in [0.1, 0.15) is 6.04 Å². The Labute approximate surface area is 168 Å². The van der Waals surface area contributed by atoms with Gasteiger partial charge in [0, 0.05) is 26.1 Å². The average molecular weight is 400 g/mol. The maximum Gasteiger partial charge on any atom is 0.247 e. The minimum Gasteiger partial charge on any atom is -0.383 e. The zero-order valence-electron chi connectivity index (χ0n) is 17.7. The number of nitrogens with one attached hydrogen (secondary N) is 2. The van der Waals surface area contributed by atoms with Gasteiger partial charge >= 0.3 is 0 Å². The molecule has 3 amide bonds. The van der Waals surface area contributed by atoms with Crippen LogP contribution in [0.15, 0.2) is 0 Å². The Morgan fingerprint density at radius 3 is 2.54 bits per heavy atom. The summed E-state index contributed by atoms with van der Waals surface area (Å²) >= 11 is 0. The van der Waals surface area contributed by atoms with Crippen molar-refractivity contribution in [2.75, 3.05) is 26.8 Å². The second-order valence-corrected chi connectivity index (χ2v) is 7.98. The van der Waals surface area contributed by atoms with Gasteiger partial charge in [0.15, 0.2) is 0 Å². The summed E-state index contributed by atoms with van der Waals surface area (Å²) < 4.78 is 5.08. The minimum atomic E-state index is -0.622. The van der Waals surface area contributed by atoms with Gasteiger partial charge in [-0.25, -0.2) is 5.48 Å². The zero-order valence-corrected chi connectivity index (χ0v) is 17.7. The Balaban J connectivity index is 2.94. The van der Waals surface area contributed by atoms with Crippen molar-refractivity contribution in [3.05, 3.63) is 0 Å². The lowest BCUT2D eigenvalue weighted by molar-refractivity contribution is -0.143. The summed E-state index contributed by atoms with van der Waals surface area (Å²) in [4.78, 5) is 39.9. The minimum absolute atomic E-state index is 0.0927. The van der Waals surface area contributed by atoms with E-state index in [1.807, 2.05) is 20.8 Å². The quantitative estimate of drug-likeness (QED) is 0.362. The molecule has 0 aliphatic carbocycles. The number of nitrogens with zero attached hydrogens (tertiary/aromatic N) is 1. The van der Waals surface area contributed by atoms with Gasteiger partial charge in [-0.1, -0.05) is 27.2 Å². The van der Waals surface area contributed by atoms with E-state index < -0.39 is 23.8 Å². The molecular formula is C20H37N3O5. The lowest BCUT2D eigenvalue weighted by Gasteiger charge is -2.29. The van der Waals surface area contributed by atoms with Gasteiger partial charge in [-0.05, 0) is 38.0 Å². The number of rotatable bonds is 11. The van der Waals surface area contributed by atoms with Crippen LogP contribution >= 0.6 is 0 Å². The fourth-order valence-electron chi connectivity index (χ4n) is 3.81. The third-order valence-corrected chi connectivity index (χ3v) is 5.26. The van der Waals surface area contributed by atoms with Crippen LogP contribution in [-0.2, 0) is 19.1 Å². The van der Waals surface area contributed by atoms with E-state index in [9.17, 15) is 14.4 Å². The molecule has 0 spiro atoms. The molecule has 0 aromatic heterocycles. The Kier molecular flexibility index (Phi) is 11.1. The van der Waals surface area contributed by atoms with Crippen LogP contribution in [0.25, 0.3) is 0 Å². The summed E-state index contributed by atoms with van der Waals surface area (Å²) in [6.07, 6.45) is 4.06. The molecule has 0 aromatic carbocycles. The molecular weight excluding hydrogens is 362 g/mol. The summed E-state index contributed by atoms with van der Waals surface area (Å²) in [6.45, 7) is 7.53. The molecule has 1 aliphatic rings. The van der Waals surface area contributed by atoms with Gasteiger partial charge in [-0.2, -0.15) is 0 Å². The van der Waals surface area contributed by atoms with Crippen LogP contribution < -0.4 is 10.8 Å². The molecule has 3 N–H and O–H groups in total. The lowest BCUT2D eigenvalue weighted by atomic mass is 9.81. The van der Waals surface area contributed by atoms with Gasteiger partial charge < -0.3 is 15.0 Å². The molecule has 8 nitrogen and oxygen atoms in total. The third kappa shape index (κ3) is 7.39. The van der Waals surface area contributed by atoms with Gasteiger partial charge in [0.2, 0.25) is 17.7 Å². The molecule has 3 atom stereocenters. The van der Waals surface area contributed by atoms with Crippen molar-refractivity contribution in [2.45, 2.75) is 65.3 Å². The number of likely N-dealkylation sites (tertiary alicyclic amines) is 1. The first-order valence-corrected chi connectivity index (χ1v) is 10.4. The van der Waals surface area contributed by atoms with Gasteiger partial charge in [0.05, 0.1) is 12.5 Å². The summed E-state index contributed by atoms with van der Waals surface area (Å²) in [7, 11) is 1.60. The van der Waals surface area contributed by atoms with Crippen molar-refractivity contribution in [1.29, 1.82) is 0 Å². The van der Waals surface area contributed by atoms with Crippen molar-refractivity contribution >= 4 is 17.7 Å². The SMILES string of the molecule is CCC[C@@H](C(=O)NO)[C@@H](CC(C)C)C(=O)N[C@H]1CCCCN(CCOC)C1=O. The predicted molar refractivity (Wildman–Crippen MR) is 106 cm³/mol. The highest BCUT2D eigenvalue weighted by atomic mass is 16.5. The summed E-state index contributed by atoms with van der Waals surface area (Å²) in [5.74, 6) is -1.94. The number of methoxy groups -OCH3 is 1. The van der Waals surface area contributed by atoms with E-state index in [4.69, 9.17) is 9.94 Å². The van der Waals surface area contributed by atoms with E-state index in [-0.39, 0.29) is 17.7 Å². The Morgan fingerprint density at radius 2 is 1.96 bits per heavy atom. The van der Waals surface area contributed by atoms with Crippen LogP contribution in [0.3, 0.4) is 0 Å². The van der Waals surface area contributed by atoms with Crippen LogP contribution in [-0.4, -0.2) is 60.7 Å². The largest absolute Gasteiger partial charge is 0.383 e. The topological polar surface area (TPSA) is 108 Å². The number of carbonyl (C=O) groups excluding carboxylic acids is 3. The Morgan fingerprint density at radius 1 is 1.25 bits per heavy atom. The molecule has 1 saturated heterocycles. The van der Waals surface area contributed by atoms with Crippen molar-refractivity contribution in [1.82, 2.24) is 15.7 Å². The molecule has 8 heteroatoms. The fraction of sp³-hybridized carbons (Fsp3) is 0.850. The third-order valence-electron chi connectivity index (χ3n) is 5.26. The van der Waals surface area contributed by atoms with E-state index in [0.29, 0.717) is 45.4 Å². The molecule has 0 bridgehead atoms. The zero-order chi connectivity index (χ0) is 21.1. The van der Waals surface area contributed by atoms with E-state index in [1.54, 1.807) is 17.5 Å². The summed E-state index contributed by atoms with van der Waals surface area (Å²) in [5, 5.41) is 12.0. The number of ether oxygens (including phenoxy) is 1. The molecule has 0 aromatic rings. The second-order valence-electron chi connectivity index (χ2n) is 7.98. The van der Waals surface area contributed by atoms with E-state index in [0.717, 1.165) is 12.8 Å². The van der Waals surface area contributed by atoms with Crippen molar-refractivity contribution in [2.24, 2.45) is 17.8 Å². The first kappa shape index (κ1) is 24.4. The molecule has 162 valence electrons. The fourth-order valence-corrected chi connectivity index (χ4v) is 3.81. The van der Waals surface area contributed by atoms with Crippen molar-refractivity contribution < 1.29 is 24.3 Å². The number of amides is 3. The van der Waals surface area contributed by atoms with Gasteiger partial charge in [0.25, 0.3) is 0 Å². The molecule has 1 heterocycles. The summed E-state index contributed by atoms with van der Waals surface area (Å²) in [5.41, 5.74) is 1.70. The van der Waals surface area contributed by atoms with Crippen LogP contribution in [0, 0.1) is 17.8 Å². The highest BCUT2D eigenvalue weighted by Crippen LogP contribution is 2.26. The number of hydrogen-bond acceptors (Lipinski definition) is 5. The van der Waals surface area contributed by atoms with Crippen LogP contribution in [0.1, 0.15) is 59.3 Å². The van der Waals surface area contributed by atoms with Crippen LogP contribution in [0.5, 0.6) is 0 Å². The maximum atomic E-state index is 13.1. The normalized spacial score (nSPS) is 19.9. The van der Waals surface area contributed by atoms with Crippen molar-refractivity contribution in [3.8, 4) is 0 Å². The molecule has 1 rings (SSSR count).